The molecule has 5 rings (SSSR count). The first-order valence-corrected chi connectivity index (χ1v) is 12.4. The van der Waals surface area contributed by atoms with Gasteiger partial charge in [-0.1, -0.05) is 30.3 Å². The van der Waals surface area contributed by atoms with Gasteiger partial charge in [-0.25, -0.2) is 0 Å². The van der Waals surface area contributed by atoms with Gasteiger partial charge >= 0.3 is 0 Å². The number of aliphatic hydroxyl groups is 1. The van der Waals surface area contributed by atoms with Crippen LogP contribution >= 0.6 is 0 Å². The number of para-hydroxylation sites is 1. The lowest BCUT2D eigenvalue weighted by molar-refractivity contribution is -0.140. The quantitative estimate of drug-likeness (QED) is 0.197. The summed E-state index contributed by atoms with van der Waals surface area (Å²) in [5, 5.41) is 11.4. The Bertz CT molecular complexity index is 1350. The van der Waals surface area contributed by atoms with Gasteiger partial charge < -0.3 is 24.2 Å². The van der Waals surface area contributed by atoms with Gasteiger partial charge in [0.1, 0.15) is 29.1 Å². The second kappa shape index (κ2) is 10.5. The van der Waals surface area contributed by atoms with Gasteiger partial charge in [0.05, 0.1) is 11.6 Å². The third-order valence-electron chi connectivity index (χ3n) is 6.61. The molecular weight excluding hydrogens is 470 g/mol. The molecule has 0 aromatic heterocycles. The zero-order valence-electron chi connectivity index (χ0n) is 20.8. The Morgan fingerprint density at radius 1 is 1.03 bits per heavy atom. The van der Waals surface area contributed by atoms with E-state index >= 15 is 0 Å². The number of methoxy groups -OCH3 is 1. The molecule has 2 heterocycles. The Morgan fingerprint density at radius 3 is 2.59 bits per heavy atom. The van der Waals surface area contributed by atoms with Crippen molar-refractivity contribution in [3.8, 4) is 17.2 Å². The molecule has 2 atom stereocenters. The molecular formula is C30H29NO6. The first kappa shape index (κ1) is 24.6. The Labute approximate surface area is 215 Å². The van der Waals surface area contributed by atoms with Crippen LogP contribution < -0.4 is 9.47 Å². The van der Waals surface area contributed by atoms with Gasteiger partial charge in [-0.15, -0.1) is 0 Å². The Kier molecular flexibility index (Phi) is 6.97. The highest BCUT2D eigenvalue weighted by Crippen LogP contribution is 2.41. The van der Waals surface area contributed by atoms with Gasteiger partial charge in [0.2, 0.25) is 0 Å². The number of nitrogens with zero attached hydrogens (tertiary/aromatic N) is 1. The van der Waals surface area contributed by atoms with Crippen LogP contribution in [-0.4, -0.2) is 48.1 Å². The Morgan fingerprint density at radius 2 is 1.81 bits per heavy atom. The van der Waals surface area contributed by atoms with E-state index in [1.54, 1.807) is 25.3 Å². The fourth-order valence-electron chi connectivity index (χ4n) is 4.93. The number of ether oxygens (including phenoxy) is 3. The standard InChI is InChI=1S/C30H29NO6/c1-19-16-22-17-21(12-13-25(22)36-19)28(32)26-27(31(14-7-15-35-2)30(34)29(26)33)20-8-6-11-24(18-20)37-23-9-4-3-5-10-23/h3-6,8-13,17-19,27,32H,7,14-16H2,1-2H3/t19-,27-/m0/s1. The van der Waals surface area contributed by atoms with Gasteiger partial charge in [-0.2, -0.15) is 0 Å². The average Bonchev–Trinajstić information content (AvgIpc) is 3.40. The van der Waals surface area contributed by atoms with Crippen LogP contribution in [0.25, 0.3) is 5.76 Å². The van der Waals surface area contributed by atoms with E-state index in [1.165, 1.54) is 4.90 Å². The second-order valence-corrected chi connectivity index (χ2v) is 9.28. The van der Waals surface area contributed by atoms with Gasteiger partial charge in [0, 0.05) is 32.2 Å². The molecule has 1 fully saturated rings. The van der Waals surface area contributed by atoms with Gasteiger partial charge in [-0.3, -0.25) is 9.59 Å². The largest absolute Gasteiger partial charge is 0.507 e. The van der Waals surface area contributed by atoms with E-state index < -0.39 is 17.7 Å². The number of aliphatic hydroxyl groups excluding tert-OH is 1. The average molecular weight is 500 g/mol. The second-order valence-electron chi connectivity index (χ2n) is 9.28. The van der Waals surface area contributed by atoms with Crippen LogP contribution in [0.15, 0.2) is 78.4 Å². The smallest absolute Gasteiger partial charge is 0.295 e. The lowest BCUT2D eigenvalue weighted by Crippen LogP contribution is -2.31. The van der Waals surface area contributed by atoms with Crippen molar-refractivity contribution in [2.45, 2.75) is 31.9 Å². The fraction of sp³-hybridized carbons (Fsp3) is 0.267. The molecule has 0 spiro atoms. The molecule has 7 heteroatoms. The predicted octanol–water partition coefficient (Wildman–Crippen LogP) is 5.26. The number of amides is 1. The minimum atomic E-state index is -0.764. The molecule has 0 bridgehead atoms. The summed E-state index contributed by atoms with van der Waals surface area (Å²) in [5.41, 5.74) is 2.17. The van der Waals surface area contributed by atoms with E-state index in [0.717, 1.165) is 11.3 Å². The van der Waals surface area contributed by atoms with Crippen LogP contribution in [0.4, 0.5) is 0 Å². The molecule has 0 saturated carbocycles. The lowest BCUT2D eigenvalue weighted by Gasteiger charge is -2.25. The van der Waals surface area contributed by atoms with Gasteiger partial charge in [-0.05, 0) is 66.9 Å². The number of carbonyl (C=O) groups is 2. The highest BCUT2D eigenvalue weighted by molar-refractivity contribution is 6.46. The molecule has 7 nitrogen and oxygen atoms in total. The third-order valence-corrected chi connectivity index (χ3v) is 6.61. The van der Waals surface area contributed by atoms with Crippen molar-refractivity contribution in [3.05, 3.63) is 95.1 Å². The van der Waals surface area contributed by atoms with Crippen molar-refractivity contribution in [3.63, 3.8) is 0 Å². The molecule has 0 aliphatic carbocycles. The molecule has 0 unspecified atom stereocenters. The van der Waals surface area contributed by atoms with E-state index in [1.807, 2.05) is 61.5 Å². The SMILES string of the molecule is COCCCN1C(=O)C(=O)C(=C(O)c2ccc3c(c2)C[C@H](C)O3)[C@@H]1c1cccc(Oc2ccccc2)c1. The molecule has 1 N–H and O–H groups in total. The van der Waals surface area contributed by atoms with E-state index in [4.69, 9.17) is 14.2 Å². The number of fused-ring (bicyclic) bond motifs is 1. The predicted molar refractivity (Wildman–Crippen MR) is 139 cm³/mol. The van der Waals surface area contributed by atoms with Crippen LogP contribution in [0.1, 0.15) is 36.1 Å². The Hall–Kier alpha value is -4.10. The third kappa shape index (κ3) is 4.95. The summed E-state index contributed by atoms with van der Waals surface area (Å²) in [6.07, 6.45) is 1.31. The molecule has 37 heavy (non-hydrogen) atoms. The maximum Gasteiger partial charge on any atom is 0.295 e. The number of carbonyl (C=O) groups excluding carboxylic acids is 2. The highest BCUT2D eigenvalue weighted by atomic mass is 16.5. The van der Waals surface area contributed by atoms with Crippen LogP contribution in [0.2, 0.25) is 0 Å². The zero-order chi connectivity index (χ0) is 25.9. The minimum absolute atomic E-state index is 0.0473. The summed E-state index contributed by atoms with van der Waals surface area (Å²) in [5.74, 6) is 0.452. The lowest BCUT2D eigenvalue weighted by atomic mass is 9.94. The maximum absolute atomic E-state index is 13.3. The van der Waals surface area contributed by atoms with Crippen LogP contribution in [0.5, 0.6) is 17.2 Å². The normalized spacial score (nSPS) is 20.1. The minimum Gasteiger partial charge on any atom is -0.507 e. The monoisotopic (exact) mass is 499 g/mol. The van der Waals surface area contributed by atoms with Crippen molar-refractivity contribution in [2.75, 3.05) is 20.3 Å². The fourth-order valence-corrected chi connectivity index (χ4v) is 4.93. The molecule has 2 aliphatic rings. The summed E-state index contributed by atoms with van der Waals surface area (Å²) in [6, 6.07) is 21.2. The van der Waals surface area contributed by atoms with E-state index in [9.17, 15) is 14.7 Å². The molecule has 3 aromatic rings. The van der Waals surface area contributed by atoms with Gasteiger partial charge in [0.25, 0.3) is 11.7 Å². The van der Waals surface area contributed by atoms with Crippen molar-refractivity contribution in [1.82, 2.24) is 4.90 Å². The first-order chi connectivity index (χ1) is 18.0. The number of Topliss-reactive ketones (excluding diaryl/α,β-unsaturated/α-hetero) is 1. The molecule has 1 amide bonds. The molecule has 0 radical (unpaired) electrons. The number of hydrogen-bond acceptors (Lipinski definition) is 6. The van der Waals surface area contributed by atoms with Crippen LogP contribution in [0, 0.1) is 0 Å². The molecule has 1 saturated heterocycles. The zero-order valence-corrected chi connectivity index (χ0v) is 20.8. The number of hydrogen-bond donors (Lipinski definition) is 1. The summed E-state index contributed by atoms with van der Waals surface area (Å²) >= 11 is 0. The highest BCUT2D eigenvalue weighted by Gasteiger charge is 2.46. The van der Waals surface area contributed by atoms with Crippen molar-refractivity contribution in [1.29, 1.82) is 0 Å². The summed E-state index contributed by atoms with van der Waals surface area (Å²) in [7, 11) is 1.59. The topological polar surface area (TPSA) is 85.3 Å². The summed E-state index contributed by atoms with van der Waals surface area (Å²) in [4.78, 5) is 28.0. The van der Waals surface area contributed by atoms with E-state index in [-0.39, 0.29) is 17.4 Å². The number of benzene rings is 3. The number of likely N-dealkylation sites (tertiary alicyclic amines) is 1. The van der Waals surface area contributed by atoms with E-state index in [2.05, 4.69) is 0 Å². The number of rotatable bonds is 8. The van der Waals surface area contributed by atoms with Gasteiger partial charge in [0.15, 0.2) is 0 Å². The summed E-state index contributed by atoms with van der Waals surface area (Å²) < 4.78 is 17.0. The number of ketones is 1. The molecule has 3 aromatic carbocycles. The van der Waals surface area contributed by atoms with E-state index in [0.29, 0.717) is 48.6 Å². The maximum atomic E-state index is 13.3. The van der Waals surface area contributed by atoms with Crippen molar-refractivity contribution in [2.24, 2.45) is 0 Å². The molecule has 2 aliphatic heterocycles. The summed E-state index contributed by atoms with van der Waals surface area (Å²) in [6.45, 7) is 2.73. The van der Waals surface area contributed by atoms with Crippen LogP contribution in [0.3, 0.4) is 0 Å². The Balaban J connectivity index is 1.57. The first-order valence-electron chi connectivity index (χ1n) is 12.4. The van der Waals surface area contributed by atoms with Crippen molar-refractivity contribution < 1.29 is 28.9 Å². The molecule has 190 valence electrons. The van der Waals surface area contributed by atoms with Crippen LogP contribution in [-0.2, 0) is 20.7 Å². The van der Waals surface area contributed by atoms with Crippen molar-refractivity contribution >= 4 is 17.4 Å².